The van der Waals surface area contributed by atoms with Crippen molar-refractivity contribution in [1.29, 1.82) is 0 Å². The number of halogens is 3. The van der Waals surface area contributed by atoms with Crippen molar-refractivity contribution < 1.29 is 27.9 Å². The van der Waals surface area contributed by atoms with E-state index in [9.17, 15) is 22.8 Å². The van der Waals surface area contributed by atoms with Gasteiger partial charge in [-0.05, 0) is 14.1 Å². The van der Waals surface area contributed by atoms with Crippen molar-refractivity contribution in [2.24, 2.45) is 0 Å². The minimum absolute atomic E-state index is 0.261. The Morgan fingerprint density at radius 3 is 2.00 bits per heavy atom. The molecule has 0 bridgehead atoms. The molecule has 0 heterocycles. The number of hydrogen-bond acceptors (Lipinski definition) is 3. The molecule has 0 saturated heterocycles. The quantitative estimate of drug-likeness (QED) is 0.738. The van der Waals surface area contributed by atoms with Crippen molar-refractivity contribution in [3.8, 4) is 0 Å². The smallest absolute Gasteiger partial charge is 0.406 e. The monoisotopic (exact) mass is 242 g/mol. The summed E-state index contributed by atoms with van der Waals surface area (Å²) in [5.41, 5.74) is 0. The van der Waals surface area contributed by atoms with E-state index in [0.29, 0.717) is 0 Å². The molecule has 0 aliphatic rings. The number of carbonyl (C=O) groups is 2. The van der Waals surface area contributed by atoms with Crippen LogP contribution >= 0.6 is 0 Å². The summed E-state index contributed by atoms with van der Waals surface area (Å²) in [7, 11) is 3.01. The van der Waals surface area contributed by atoms with Crippen molar-refractivity contribution in [2.75, 3.05) is 33.7 Å². The number of amides is 1. The van der Waals surface area contributed by atoms with Crippen LogP contribution in [0.25, 0.3) is 0 Å². The lowest BCUT2D eigenvalue weighted by Gasteiger charge is -2.23. The first-order chi connectivity index (χ1) is 7.11. The molecule has 94 valence electrons. The van der Waals surface area contributed by atoms with Crippen molar-refractivity contribution in [3.05, 3.63) is 0 Å². The van der Waals surface area contributed by atoms with Crippen LogP contribution in [-0.4, -0.2) is 66.7 Å². The average Bonchev–Trinajstić information content (AvgIpc) is 1.97. The molecule has 0 aromatic carbocycles. The summed E-state index contributed by atoms with van der Waals surface area (Å²) in [5.74, 6) is -2.35. The van der Waals surface area contributed by atoms with Gasteiger partial charge in [-0.2, -0.15) is 13.2 Å². The number of hydrogen-bond donors (Lipinski definition) is 1. The molecule has 0 atom stereocenters. The normalized spacial score (nSPS) is 11.6. The highest BCUT2D eigenvalue weighted by molar-refractivity contribution is 5.82. The molecule has 0 unspecified atom stereocenters. The fourth-order valence-electron chi connectivity index (χ4n) is 0.982. The SMILES string of the molecule is CN(C)CC(=O)N(CC(=O)O)CC(F)(F)F. The summed E-state index contributed by atoms with van der Waals surface area (Å²) < 4.78 is 36.2. The van der Waals surface area contributed by atoms with Gasteiger partial charge in [-0.25, -0.2) is 0 Å². The van der Waals surface area contributed by atoms with Gasteiger partial charge in [0, 0.05) is 0 Å². The number of nitrogens with zero attached hydrogens (tertiary/aromatic N) is 2. The lowest BCUT2D eigenvalue weighted by Crippen LogP contribution is -2.45. The van der Waals surface area contributed by atoms with E-state index in [1.54, 1.807) is 0 Å². The zero-order chi connectivity index (χ0) is 12.9. The van der Waals surface area contributed by atoms with Gasteiger partial charge in [0.1, 0.15) is 13.1 Å². The van der Waals surface area contributed by atoms with E-state index in [1.165, 1.54) is 19.0 Å². The summed E-state index contributed by atoms with van der Waals surface area (Å²) in [6, 6.07) is 0. The molecule has 0 aromatic rings. The summed E-state index contributed by atoms with van der Waals surface area (Å²) in [6.07, 6.45) is -4.60. The van der Waals surface area contributed by atoms with Crippen molar-refractivity contribution in [2.45, 2.75) is 6.18 Å². The van der Waals surface area contributed by atoms with Crippen LogP contribution in [-0.2, 0) is 9.59 Å². The van der Waals surface area contributed by atoms with Crippen LogP contribution in [0.4, 0.5) is 13.2 Å². The van der Waals surface area contributed by atoms with Gasteiger partial charge in [-0.15, -0.1) is 0 Å². The maximum absolute atomic E-state index is 12.1. The number of aliphatic carboxylic acids is 1. The first kappa shape index (κ1) is 14.7. The Balaban J connectivity index is 4.53. The van der Waals surface area contributed by atoms with E-state index in [0.717, 1.165) is 0 Å². The van der Waals surface area contributed by atoms with Gasteiger partial charge in [0.05, 0.1) is 6.54 Å². The van der Waals surface area contributed by atoms with Crippen molar-refractivity contribution in [3.63, 3.8) is 0 Å². The van der Waals surface area contributed by atoms with Gasteiger partial charge in [-0.3, -0.25) is 9.59 Å². The standard InChI is InChI=1S/C8H13F3N2O3/c1-12(2)3-6(14)13(4-7(15)16)5-8(9,10)11/h3-5H2,1-2H3,(H,15,16). The Bertz CT molecular complexity index is 266. The molecule has 0 aromatic heterocycles. The molecule has 0 radical (unpaired) electrons. The predicted octanol–water partition coefficient (Wildman–Crippen LogP) is 0.0235. The van der Waals surface area contributed by atoms with Gasteiger partial charge in [-0.1, -0.05) is 0 Å². The molecule has 1 N–H and O–H groups in total. The molecule has 0 fully saturated rings. The first-order valence-corrected chi connectivity index (χ1v) is 4.33. The van der Waals surface area contributed by atoms with Crippen LogP contribution in [0, 0.1) is 0 Å². The Hall–Kier alpha value is -1.31. The number of rotatable bonds is 5. The van der Waals surface area contributed by atoms with Crippen molar-refractivity contribution in [1.82, 2.24) is 9.80 Å². The number of likely N-dealkylation sites (N-methyl/N-ethyl adjacent to an activating group) is 1. The molecule has 8 heteroatoms. The van der Waals surface area contributed by atoms with E-state index < -0.39 is 31.1 Å². The third-order valence-corrected chi connectivity index (χ3v) is 1.50. The molecule has 5 nitrogen and oxygen atoms in total. The number of carboxylic acids is 1. The molecule has 0 rings (SSSR count). The van der Waals surface area contributed by atoms with E-state index in [2.05, 4.69) is 0 Å². The van der Waals surface area contributed by atoms with Crippen LogP contribution in [0.15, 0.2) is 0 Å². The van der Waals surface area contributed by atoms with Gasteiger partial charge in [0.25, 0.3) is 0 Å². The molecule has 0 spiro atoms. The lowest BCUT2D eigenvalue weighted by molar-refractivity contribution is -0.166. The molecule has 1 amide bonds. The van der Waals surface area contributed by atoms with E-state index in [4.69, 9.17) is 5.11 Å². The van der Waals surface area contributed by atoms with E-state index >= 15 is 0 Å². The highest BCUT2D eigenvalue weighted by Crippen LogP contribution is 2.16. The van der Waals surface area contributed by atoms with Gasteiger partial charge in [0.2, 0.25) is 5.91 Å². The second kappa shape index (κ2) is 5.69. The average molecular weight is 242 g/mol. The Kier molecular flexibility index (Phi) is 5.22. The summed E-state index contributed by atoms with van der Waals surface area (Å²) >= 11 is 0. The highest BCUT2D eigenvalue weighted by atomic mass is 19.4. The largest absolute Gasteiger partial charge is 0.480 e. The third kappa shape index (κ3) is 7.04. The Morgan fingerprint density at radius 1 is 1.19 bits per heavy atom. The van der Waals surface area contributed by atoms with Crippen LogP contribution in [0.1, 0.15) is 0 Å². The third-order valence-electron chi connectivity index (χ3n) is 1.50. The van der Waals surface area contributed by atoms with E-state index in [1.807, 2.05) is 0 Å². The van der Waals surface area contributed by atoms with Crippen LogP contribution in [0.2, 0.25) is 0 Å². The zero-order valence-electron chi connectivity index (χ0n) is 8.91. The second-order valence-electron chi connectivity index (χ2n) is 3.50. The number of alkyl halides is 3. The molecule has 0 saturated carbocycles. The first-order valence-electron chi connectivity index (χ1n) is 4.33. The minimum Gasteiger partial charge on any atom is -0.480 e. The number of carboxylic acid groups (broad SMARTS) is 1. The topological polar surface area (TPSA) is 60.9 Å². The van der Waals surface area contributed by atoms with Crippen LogP contribution in [0.3, 0.4) is 0 Å². The van der Waals surface area contributed by atoms with E-state index in [-0.39, 0.29) is 11.4 Å². The molecular weight excluding hydrogens is 229 g/mol. The second-order valence-corrected chi connectivity index (χ2v) is 3.50. The van der Waals surface area contributed by atoms with Crippen LogP contribution < -0.4 is 0 Å². The van der Waals surface area contributed by atoms with Crippen LogP contribution in [0.5, 0.6) is 0 Å². The fourth-order valence-corrected chi connectivity index (χ4v) is 0.982. The zero-order valence-corrected chi connectivity index (χ0v) is 8.91. The minimum atomic E-state index is -4.60. The molecule has 0 aliphatic carbocycles. The summed E-state index contributed by atoms with van der Waals surface area (Å²) in [5, 5.41) is 8.39. The van der Waals surface area contributed by atoms with Gasteiger partial charge < -0.3 is 14.9 Å². The van der Waals surface area contributed by atoms with Gasteiger partial charge >= 0.3 is 12.1 Å². The molecule has 16 heavy (non-hydrogen) atoms. The molecular formula is C8H13F3N2O3. The summed E-state index contributed by atoms with van der Waals surface area (Å²) in [6.45, 7) is -2.76. The highest BCUT2D eigenvalue weighted by Gasteiger charge is 2.33. The van der Waals surface area contributed by atoms with Gasteiger partial charge in [0.15, 0.2) is 0 Å². The Morgan fingerprint density at radius 2 is 1.69 bits per heavy atom. The fraction of sp³-hybridized carbons (Fsp3) is 0.750. The Labute approximate surface area is 90.4 Å². The molecule has 0 aliphatic heterocycles. The maximum atomic E-state index is 12.1. The number of carbonyl (C=O) groups excluding carboxylic acids is 1. The summed E-state index contributed by atoms with van der Waals surface area (Å²) in [4.78, 5) is 23.2. The van der Waals surface area contributed by atoms with Crippen molar-refractivity contribution >= 4 is 11.9 Å². The maximum Gasteiger partial charge on any atom is 0.406 e. The lowest BCUT2D eigenvalue weighted by atomic mass is 10.4. The predicted molar refractivity (Wildman–Crippen MR) is 48.8 cm³/mol.